The van der Waals surface area contributed by atoms with Crippen molar-refractivity contribution in [2.45, 2.75) is 13.1 Å². The minimum Gasteiger partial charge on any atom is -0.267 e. The summed E-state index contributed by atoms with van der Waals surface area (Å²) in [6, 6.07) is 0. The van der Waals surface area contributed by atoms with Gasteiger partial charge < -0.3 is 0 Å². The van der Waals surface area contributed by atoms with Gasteiger partial charge >= 0.3 is 6.18 Å². The van der Waals surface area contributed by atoms with Crippen molar-refractivity contribution in [1.29, 1.82) is 0 Å². The number of aromatic nitrogens is 3. The Kier molecular flexibility index (Phi) is 2.03. The van der Waals surface area contributed by atoms with E-state index < -0.39 is 23.0 Å². The molecule has 2 aromatic rings. The molecule has 0 amide bonds. The van der Waals surface area contributed by atoms with Gasteiger partial charge in [-0.3, -0.25) is 4.79 Å². The number of fused-ring (bicyclic) bond motifs is 1. The van der Waals surface area contributed by atoms with Gasteiger partial charge in [-0.2, -0.15) is 22.8 Å². The highest BCUT2D eigenvalue weighted by atomic mass is 32.1. The third-order valence-corrected chi connectivity index (χ3v) is 2.52. The van der Waals surface area contributed by atoms with Crippen molar-refractivity contribution in [3.63, 3.8) is 0 Å². The smallest absolute Gasteiger partial charge is 0.267 e. The predicted octanol–water partition coefficient (Wildman–Crippen LogP) is 1.48. The van der Waals surface area contributed by atoms with Crippen LogP contribution in [0.4, 0.5) is 13.2 Å². The van der Waals surface area contributed by atoms with Gasteiger partial charge in [-0.15, -0.1) is 0 Å². The van der Waals surface area contributed by atoms with Crippen LogP contribution in [-0.4, -0.2) is 14.6 Å². The molecule has 0 spiro atoms. The monoisotopic (exact) mass is 235 g/mol. The summed E-state index contributed by atoms with van der Waals surface area (Å²) in [5.74, 6) is 0. The largest absolute Gasteiger partial charge is 0.433 e. The molecule has 0 radical (unpaired) electrons. The first-order valence-electron chi connectivity index (χ1n) is 3.81. The molecule has 0 aliphatic rings. The molecule has 0 saturated carbocycles. The summed E-state index contributed by atoms with van der Waals surface area (Å²) in [6.45, 7) is 1.09. The van der Waals surface area contributed by atoms with Crippen molar-refractivity contribution < 1.29 is 13.2 Å². The van der Waals surface area contributed by atoms with E-state index in [4.69, 9.17) is 0 Å². The molecule has 2 heterocycles. The summed E-state index contributed by atoms with van der Waals surface area (Å²) >= 11 is 0.881. The van der Waals surface area contributed by atoms with Gasteiger partial charge in [0.2, 0.25) is 4.96 Å². The van der Waals surface area contributed by atoms with E-state index >= 15 is 0 Å². The van der Waals surface area contributed by atoms with Crippen LogP contribution in [0.5, 0.6) is 0 Å². The van der Waals surface area contributed by atoms with Gasteiger partial charge in [0.25, 0.3) is 5.56 Å². The molecule has 0 atom stereocenters. The summed E-state index contributed by atoms with van der Waals surface area (Å²) in [6.07, 6.45) is -4.61. The van der Waals surface area contributed by atoms with Gasteiger partial charge in [-0.05, 0) is 6.92 Å². The van der Waals surface area contributed by atoms with Gasteiger partial charge in [0.1, 0.15) is 5.51 Å². The number of hydrogen-bond acceptors (Lipinski definition) is 4. The molecule has 2 rings (SSSR count). The zero-order chi connectivity index (χ0) is 11.2. The Hall–Kier alpha value is -1.44. The van der Waals surface area contributed by atoms with Crippen LogP contribution in [0.25, 0.3) is 4.96 Å². The van der Waals surface area contributed by atoms with Crippen LogP contribution in [0.3, 0.4) is 0 Å². The molecule has 4 nitrogen and oxygen atoms in total. The fourth-order valence-corrected chi connectivity index (χ4v) is 1.76. The molecule has 0 aliphatic carbocycles. The maximum absolute atomic E-state index is 12.4. The van der Waals surface area contributed by atoms with E-state index in [1.165, 1.54) is 5.51 Å². The Morgan fingerprint density at radius 2 is 2.13 bits per heavy atom. The highest BCUT2D eigenvalue weighted by Crippen LogP contribution is 2.29. The van der Waals surface area contributed by atoms with E-state index in [2.05, 4.69) is 10.1 Å². The third-order valence-electron chi connectivity index (χ3n) is 1.85. The minimum absolute atomic E-state index is 0.0575. The average molecular weight is 235 g/mol. The van der Waals surface area contributed by atoms with E-state index in [0.717, 1.165) is 22.8 Å². The average Bonchev–Trinajstić information content (AvgIpc) is 2.57. The van der Waals surface area contributed by atoms with Crippen LogP contribution in [0.2, 0.25) is 0 Å². The molecule has 0 aromatic carbocycles. The zero-order valence-corrected chi connectivity index (χ0v) is 8.19. The summed E-state index contributed by atoms with van der Waals surface area (Å²) in [7, 11) is 0. The molecular weight excluding hydrogens is 231 g/mol. The second-order valence-corrected chi connectivity index (χ2v) is 3.63. The standard InChI is InChI=1S/C7H4F3N3OS/c1-3-4(7(8,9)10)12-6-13(5(3)14)11-2-15-6/h2H,1H3. The van der Waals surface area contributed by atoms with Gasteiger partial charge in [0.05, 0.1) is 0 Å². The van der Waals surface area contributed by atoms with Gasteiger partial charge in [0.15, 0.2) is 5.69 Å². The molecule has 0 fully saturated rings. The first-order chi connectivity index (χ1) is 6.91. The van der Waals surface area contributed by atoms with E-state index in [0.29, 0.717) is 0 Å². The maximum atomic E-state index is 12.4. The lowest BCUT2D eigenvalue weighted by molar-refractivity contribution is -0.141. The molecule has 0 N–H and O–H groups in total. The normalized spacial score (nSPS) is 12.3. The predicted molar refractivity (Wildman–Crippen MR) is 46.9 cm³/mol. The number of alkyl halides is 3. The van der Waals surface area contributed by atoms with Crippen molar-refractivity contribution in [2.75, 3.05) is 0 Å². The van der Waals surface area contributed by atoms with Crippen LogP contribution in [0, 0.1) is 6.92 Å². The van der Waals surface area contributed by atoms with E-state index in [9.17, 15) is 18.0 Å². The molecule has 0 saturated heterocycles. The fraction of sp³-hybridized carbons (Fsp3) is 0.286. The van der Waals surface area contributed by atoms with Crippen molar-refractivity contribution in [3.8, 4) is 0 Å². The molecule has 15 heavy (non-hydrogen) atoms. The number of halogens is 3. The van der Waals surface area contributed by atoms with Crippen LogP contribution in [-0.2, 0) is 6.18 Å². The fourth-order valence-electron chi connectivity index (χ4n) is 1.15. The molecule has 0 unspecified atom stereocenters. The van der Waals surface area contributed by atoms with E-state index in [-0.39, 0.29) is 4.96 Å². The summed E-state index contributed by atoms with van der Waals surface area (Å²) in [5.41, 5.74) is -1.10. The van der Waals surface area contributed by atoms with Crippen LogP contribution in [0.1, 0.15) is 11.3 Å². The summed E-state index contributed by atoms with van der Waals surface area (Å²) in [5, 5.41) is 3.60. The summed E-state index contributed by atoms with van der Waals surface area (Å²) < 4.78 is 38.2. The third kappa shape index (κ3) is 1.50. The first kappa shape index (κ1) is 10.1. The van der Waals surface area contributed by atoms with Gasteiger partial charge in [-0.25, -0.2) is 4.98 Å². The zero-order valence-electron chi connectivity index (χ0n) is 7.37. The highest BCUT2D eigenvalue weighted by Gasteiger charge is 2.36. The Labute approximate surface area is 85.0 Å². The lowest BCUT2D eigenvalue weighted by Gasteiger charge is -2.07. The van der Waals surface area contributed by atoms with Crippen molar-refractivity contribution in [3.05, 3.63) is 27.1 Å². The molecule has 2 aromatic heterocycles. The van der Waals surface area contributed by atoms with E-state index in [1.54, 1.807) is 0 Å². The molecule has 0 bridgehead atoms. The quantitative estimate of drug-likeness (QED) is 0.694. The Morgan fingerprint density at radius 1 is 1.47 bits per heavy atom. The highest BCUT2D eigenvalue weighted by molar-refractivity contribution is 7.14. The molecule has 8 heteroatoms. The molecular formula is C7H4F3N3OS. The number of nitrogens with zero attached hydrogens (tertiary/aromatic N) is 3. The number of hydrogen-bond donors (Lipinski definition) is 0. The topological polar surface area (TPSA) is 47.3 Å². The second kappa shape index (κ2) is 3.02. The second-order valence-electron chi connectivity index (χ2n) is 2.82. The maximum Gasteiger partial charge on any atom is 0.433 e. The van der Waals surface area contributed by atoms with Crippen molar-refractivity contribution in [2.24, 2.45) is 0 Å². The van der Waals surface area contributed by atoms with Crippen LogP contribution >= 0.6 is 11.3 Å². The van der Waals surface area contributed by atoms with Crippen LogP contribution in [0.15, 0.2) is 10.3 Å². The first-order valence-corrected chi connectivity index (χ1v) is 4.69. The van der Waals surface area contributed by atoms with Crippen molar-refractivity contribution in [1.82, 2.24) is 14.6 Å². The van der Waals surface area contributed by atoms with Crippen LogP contribution < -0.4 is 5.56 Å². The van der Waals surface area contributed by atoms with Crippen molar-refractivity contribution >= 4 is 16.3 Å². The summed E-state index contributed by atoms with van der Waals surface area (Å²) in [4.78, 5) is 14.7. The lowest BCUT2D eigenvalue weighted by Crippen LogP contribution is -2.24. The Balaban J connectivity index is 2.88. The van der Waals surface area contributed by atoms with E-state index in [1.807, 2.05) is 0 Å². The SMILES string of the molecule is Cc1c(C(F)(F)F)nc2scnn2c1=O. The molecule has 80 valence electrons. The van der Waals surface area contributed by atoms with Gasteiger partial charge in [0, 0.05) is 5.56 Å². The Morgan fingerprint density at radius 3 is 2.73 bits per heavy atom. The minimum atomic E-state index is -4.61. The molecule has 0 aliphatic heterocycles. The number of rotatable bonds is 0. The lowest BCUT2D eigenvalue weighted by atomic mass is 10.2. The Bertz CT molecular complexity index is 571. The van der Waals surface area contributed by atoms with Gasteiger partial charge in [-0.1, -0.05) is 11.3 Å².